The Kier molecular flexibility index (Phi) is 3.36. The molecule has 1 aliphatic heterocycles. The summed E-state index contributed by atoms with van der Waals surface area (Å²) in [4.78, 5) is 12.0. The first-order chi connectivity index (χ1) is 7.08. The second-order valence-corrected chi connectivity index (χ2v) is 7.79. The molecule has 1 unspecified atom stereocenters. The zero-order chi connectivity index (χ0) is 12.6. The number of carbonyl (C=O) groups excluding carboxylic acids is 1. The van der Waals surface area contributed by atoms with Crippen LogP contribution in [0.2, 0.25) is 0 Å². The summed E-state index contributed by atoms with van der Waals surface area (Å²) in [6.45, 7) is 6.31. The molecule has 1 heterocycles. The van der Waals surface area contributed by atoms with E-state index in [-0.39, 0.29) is 5.54 Å². The molecule has 16 heavy (non-hydrogen) atoms. The van der Waals surface area contributed by atoms with E-state index in [1.165, 1.54) is 13.8 Å². The Balaban J connectivity index is 2.80. The number of rotatable bonds is 3. The van der Waals surface area contributed by atoms with Crippen LogP contribution in [0.4, 0.5) is 0 Å². The van der Waals surface area contributed by atoms with Gasteiger partial charge < -0.3 is 10.6 Å². The van der Waals surface area contributed by atoms with E-state index >= 15 is 0 Å². The minimum atomic E-state index is -3.40. The number of carbonyl (C=O) groups is 1. The average Bonchev–Trinajstić information content (AvgIpc) is 2.49. The largest absolute Gasteiger partial charge is 0.348 e. The highest BCUT2D eigenvalue weighted by atomic mass is 32.2. The molecule has 0 aromatic rings. The minimum absolute atomic E-state index is 0.334. The van der Waals surface area contributed by atoms with E-state index in [0.717, 1.165) is 19.2 Å². The van der Waals surface area contributed by atoms with Crippen LogP contribution >= 0.6 is 0 Å². The third-order valence-corrected chi connectivity index (χ3v) is 5.30. The summed E-state index contributed by atoms with van der Waals surface area (Å²) in [7, 11) is -3.40. The number of hydrogen-bond donors (Lipinski definition) is 2. The SMILES string of the molecule is CC1(NC(=O)C(C)(C)S(C)(=O)=O)CCNC1. The molecule has 0 spiro atoms. The first-order valence-electron chi connectivity index (χ1n) is 5.31. The normalized spacial score (nSPS) is 26.8. The van der Waals surface area contributed by atoms with Crippen molar-refractivity contribution in [3.63, 3.8) is 0 Å². The summed E-state index contributed by atoms with van der Waals surface area (Å²) in [6, 6.07) is 0. The molecule has 1 aliphatic rings. The van der Waals surface area contributed by atoms with Crippen LogP contribution in [0.15, 0.2) is 0 Å². The van der Waals surface area contributed by atoms with Crippen molar-refractivity contribution in [3.05, 3.63) is 0 Å². The van der Waals surface area contributed by atoms with Crippen LogP contribution in [0.1, 0.15) is 27.2 Å². The van der Waals surface area contributed by atoms with Gasteiger partial charge in [-0.3, -0.25) is 4.79 Å². The molecule has 0 saturated carbocycles. The number of nitrogens with one attached hydrogen (secondary N) is 2. The lowest BCUT2D eigenvalue weighted by molar-refractivity contribution is -0.124. The van der Waals surface area contributed by atoms with Gasteiger partial charge in [-0.15, -0.1) is 0 Å². The van der Waals surface area contributed by atoms with Crippen molar-refractivity contribution in [3.8, 4) is 0 Å². The molecule has 1 rings (SSSR count). The summed E-state index contributed by atoms with van der Waals surface area (Å²) in [5.41, 5.74) is -0.334. The van der Waals surface area contributed by atoms with Crippen LogP contribution in [-0.4, -0.2) is 44.0 Å². The molecule has 6 heteroatoms. The molecule has 2 N–H and O–H groups in total. The molecule has 1 saturated heterocycles. The average molecular weight is 248 g/mol. The van der Waals surface area contributed by atoms with Crippen LogP contribution in [0.25, 0.3) is 0 Å². The number of sulfone groups is 1. The lowest BCUT2D eigenvalue weighted by atomic mass is 10.0. The van der Waals surface area contributed by atoms with E-state index in [4.69, 9.17) is 0 Å². The third-order valence-electron chi connectivity index (χ3n) is 3.26. The maximum absolute atomic E-state index is 12.0. The Labute approximate surface area is 96.9 Å². The lowest BCUT2D eigenvalue weighted by Gasteiger charge is -2.30. The summed E-state index contributed by atoms with van der Waals surface area (Å²) < 4.78 is 21.6. The van der Waals surface area contributed by atoms with E-state index < -0.39 is 20.5 Å². The zero-order valence-electron chi connectivity index (χ0n) is 10.3. The molecule has 0 aromatic heterocycles. The third kappa shape index (κ3) is 2.55. The second-order valence-electron chi connectivity index (χ2n) is 5.22. The molecule has 0 bridgehead atoms. The van der Waals surface area contributed by atoms with Crippen LogP contribution in [0.5, 0.6) is 0 Å². The Morgan fingerprint density at radius 2 is 2.00 bits per heavy atom. The molecule has 0 radical (unpaired) electrons. The van der Waals surface area contributed by atoms with Crippen LogP contribution < -0.4 is 10.6 Å². The fourth-order valence-electron chi connectivity index (χ4n) is 1.52. The Morgan fingerprint density at radius 3 is 2.38 bits per heavy atom. The molecule has 1 fully saturated rings. The van der Waals surface area contributed by atoms with Gasteiger partial charge in [-0.2, -0.15) is 0 Å². The first-order valence-corrected chi connectivity index (χ1v) is 7.21. The van der Waals surface area contributed by atoms with Crippen LogP contribution in [0.3, 0.4) is 0 Å². The molecular weight excluding hydrogens is 228 g/mol. The van der Waals surface area contributed by atoms with Gasteiger partial charge in [0.05, 0.1) is 5.54 Å². The minimum Gasteiger partial charge on any atom is -0.348 e. The Bertz CT molecular complexity index is 381. The number of hydrogen-bond acceptors (Lipinski definition) is 4. The van der Waals surface area contributed by atoms with Gasteiger partial charge in [0.1, 0.15) is 4.75 Å². The fraction of sp³-hybridized carbons (Fsp3) is 0.900. The predicted octanol–water partition coefficient (Wildman–Crippen LogP) is -0.322. The van der Waals surface area contributed by atoms with E-state index in [1.54, 1.807) is 0 Å². The van der Waals surface area contributed by atoms with Crippen molar-refractivity contribution in [2.24, 2.45) is 0 Å². The van der Waals surface area contributed by atoms with Gasteiger partial charge in [0, 0.05) is 12.8 Å². The maximum atomic E-state index is 12.0. The molecule has 1 atom stereocenters. The smallest absolute Gasteiger partial charge is 0.241 e. The topological polar surface area (TPSA) is 75.3 Å². The Morgan fingerprint density at radius 1 is 1.44 bits per heavy atom. The van der Waals surface area contributed by atoms with Crippen molar-refractivity contribution in [2.45, 2.75) is 37.5 Å². The van der Waals surface area contributed by atoms with Crippen LogP contribution in [-0.2, 0) is 14.6 Å². The second kappa shape index (κ2) is 4.00. The molecule has 5 nitrogen and oxygen atoms in total. The van der Waals surface area contributed by atoms with Gasteiger partial charge in [0.25, 0.3) is 0 Å². The van der Waals surface area contributed by atoms with Crippen molar-refractivity contribution in [1.29, 1.82) is 0 Å². The molecule has 0 aromatic carbocycles. The van der Waals surface area contributed by atoms with Gasteiger partial charge in [0.15, 0.2) is 9.84 Å². The Hall–Kier alpha value is -0.620. The predicted molar refractivity (Wildman–Crippen MR) is 63.0 cm³/mol. The quantitative estimate of drug-likeness (QED) is 0.717. The monoisotopic (exact) mass is 248 g/mol. The van der Waals surface area contributed by atoms with E-state index in [0.29, 0.717) is 6.54 Å². The zero-order valence-corrected chi connectivity index (χ0v) is 11.1. The fourth-order valence-corrected chi connectivity index (χ4v) is 1.90. The van der Waals surface area contributed by atoms with Crippen LogP contribution in [0, 0.1) is 0 Å². The molecular formula is C10H20N2O3S. The lowest BCUT2D eigenvalue weighted by Crippen LogP contribution is -2.56. The van der Waals surface area contributed by atoms with E-state index in [1.807, 2.05) is 6.92 Å². The van der Waals surface area contributed by atoms with Crippen molar-refractivity contribution < 1.29 is 13.2 Å². The standard InChI is InChI=1S/C10H20N2O3S/c1-9(2,16(4,14)15)8(13)12-10(3)5-6-11-7-10/h11H,5-7H2,1-4H3,(H,12,13). The maximum Gasteiger partial charge on any atom is 0.241 e. The van der Waals surface area contributed by atoms with Crippen molar-refractivity contribution in [2.75, 3.05) is 19.3 Å². The van der Waals surface area contributed by atoms with Crippen molar-refractivity contribution in [1.82, 2.24) is 10.6 Å². The highest BCUT2D eigenvalue weighted by molar-refractivity contribution is 7.92. The molecule has 1 amide bonds. The van der Waals surface area contributed by atoms with E-state index in [9.17, 15) is 13.2 Å². The van der Waals surface area contributed by atoms with Gasteiger partial charge in [0.2, 0.25) is 5.91 Å². The van der Waals surface area contributed by atoms with E-state index in [2.05, 4.69) is 10.6 Å². The highest BCUT2D eigenvalue weighted by Crippen LogP contribution is 2.19. The number of amides is 1. The summed E-state index contributed by atoms with van der Waals surface area (Å²) in [5.74, 6) is -0.429. The van der Waals surface area contributed by atoms with Crippen molar-refractivity contribution >= 4 is 15.7 Å². The summed E-state index contributed by atoms with van der Waals surface area (Å²) >= 11 is 0. The van der Waals surface area contributed by atoms with Gasteiger partial charge >= 0.3 is 0 Å². The molecule has 94 valence electrons. The van der Waals surface area contributed by atoms with Gasteiger partial charge in [-0.05, 0) is 33.7 Å². The first kappa shape index (κ1) is 13.4. The summed E-state index contributed by atoms with van der Waals surface area (Å²) in [6.07, 6.45) is 1.90. The molecule has 0 aliphatic carbocycles. The summed E-state index contributed by atoms with van der Waals surface area (Å²) in [5, 5.41) is 5.97. The van der Waals surface area contributed by atoms with Gasteiger partial charge in [-0.25, -0.2) is 8.42 Å². The highest BCUT2D eigenvalue weighted by Gasteiger charge is 2.42. The van der Waals surface area contributed by atoms with Gasteiger partial charge in [-0.1, -0.05) is 0 Å².